The lowest BCUT2D eigenvalue weighted by atomic mass is 10.4. The molecule has 0 aliphatic carbocycles. The van der Waals surface area contributed by atoms with Gasteiger partial charge in [0.2, 0.25) is 0 Å². The molecule has 0 aromatic heterocycles. The van der Waals surface area contributed by atoms with Crippen LogP contribution in [0.3, 0.4) is 0 Å². The fourth-order valence-electron chi connectivity index (χ4n) is 1.45. The van der Waals surface area contributed by atoms with Gasteiger partial charge >= 0.3 is 0 Å². The minimum absolute atomic E-state index is 0.303. The molecule has 84 valence electrons. The van der Waals surface area contributed by atoms with E-state index in [2.05, 4.69) is 10.8 Å². The molecule has 0 aromatic rings. The molecule has 0 amide bonds. The van der Waals surface area contributed by atoms with Gasteiger partial charge in [0.1, 0.15) is 0 Å². The summed E-state index contributed by atoms with van der Waals surface area (Å²) in [4.78, 5) is 2.30. The minimum atomic E-state index is -1.74. The predicted octanol–water partition coefficient (Wildman–Crippen LogP) is 0.443. The zero-order valence-electron chi connectivity index (χ0n) is 9.20. The van der Waals surface area contributed by atoms with Gasteiger partial charge in [-0.25, -0.2) is 0 Å². The molecule has 0 spiro atoms. The van der Waals surface area contributed by atoms with Crippen LogP contribution in [0.4, 0.5) is 0 Å². The fraction of sp³-hybridized carbons (Fsp3) is 0.900. The predicted molar refractivity (Wildman–Crippen MR) is 62.5 cm³/mol. The Hall–Kier alpha value is -0.0600. The van der Waals surface area contributed by atoms with Gasteiger partial charge < -0.3 is 4.74 Å². The highest BCUT2D eigenvalue weighted by molar-refractivity contribution is 8.00. The van der Waals surface area contributed by atoms with E-state index in [9.17, 15) is 4.21 Å². The lowest BCUT2D eigenvalue weighted by molar-refractivity contribution is 0.0608. The number of hydrogen-bond donors (Lipinski definition) is 0. The van der Waals surface area contributed by atoms with Crippen LogP contribution >= 0.6 is 0 Å². The van der Waals surface area contributed by atoms with Crippen LogP contribution in [-0.2, 0) is 14.3 Å². The molecule has 0 saturated carbocycles. The van der Waals surface area contributed by atoms with E-state index in [-0.39, 0.29) is 0 Å². The van der Waals surface area contributed by atoms with Crippen LogP contribution in [0, 0.1) is 0 Å². The van der Waals surface area contributed by atoms with Gasteiger partial charge in [0.15, 0.2) is 0 Å². The molecule has 14 heavy (non-hydrogen) atoms. The normalized spacial score (nSPS) is 22.8. The van der Waals surface area contributed by atoms with E-state index in [0.29, 0.717) is 6.10 Å². The summed E-state index contributed by atoms with van der Waals surface area (Å²) < 4.78 is 17.0. The molecule has 4 heteroatoms. The molecule has 0 radical (unpaired) electrons. The fourth-order valence-corrected chi connectivity index (χ4v) is 2.83. The third-order valence-electron chi connectivity index (χ3n) is 2.42. The van der Waals surface area contributed by atoms with E-state index in [1.54, 1.807) is 0 Å². The summed E-state index contributed by atoms with van der Waals surface area (Å²) in [5.74, 6) is 5.23. The van der Waals surface area contributed by atoms with Crippen LogP contribution in [0.25, 0.3) is 0 Å². The Balaban J connectivity index is 2.16. The molecular formula is C10H21NO2S. The quantitative estimate of drug-likeness (QED) is 0.643. The number of ether oxygens (including phenoxy) is 1. The van der Waals surface area contributed by atoms with E-state index < -0.39 is 9.52 Å². The molecule has 0 N–H and O–H groups in total. The second kappa shape index (κ2) is 5.14. The lowest BCUT2D eigenvalue weighted by Gasteiger charge is -2.28. The highest BCUT2D eigenvalue weighted by atomic mass is 32.2. The third kappa shape index (κ3) is 4.44. The maximum atomic E-state index is 11.6. The van der Waals surface area contributed by atoms with Gasteiger partial charge in [-0.1, -0.05) is 0 Å². The highest BCUT2D eigenvalue weighted by Gasteiger charge is 2.16. The molecule has 1 rings (SSSR count). The van der Waals surface area contributed by atoms with Crippen LogP contribution in [0.2, 0.25) is 0 Å². The van der Waals surface area contributed by atoms with Crippen molar-refractivity contribution in [3.63, 3.8) is 0 Å². The van der Waals surface area contributed by atoms with Gasteiger partial charge in [-0.2, -0.15) is 0 Å². The van der Waals surface area contributed by atoms with Gasteiger partial charge in [-0.05, 0) is 29.2 Å². The topological polar surface area (TPSA) is 29.5 Å². The van der Waals surface area contributed by atoms with E-state index in [4.69, 9.17) is 4.74 Å². The second-order valence-corrected chi connectivity index (χ2v) is 6.88. The van der Waals surface area contributed by atoms with Crippen molar-refractivity contribution in [2.24, 2.45) is 0 Å². The molecule has 1 aliphatic rings. The van der Waals surface area contributed by atoms with Crippen LogP contribution in [0.15, 0.2) is 0 Å². The van der Waals surface area contributed by atoms with Crippen molar-refractivity contribution in [3.05, 3.63) is 0 Å². The van der Waals surface area contributed by atoms with Gasteiger partial charge in [0, 0.05) is 31.1 Å². The van der Waals surface area contributed by atoms with Crippen LogP contribution < -0.4 is 0 Å². The van der Waals surface area contributed by atoms with Crippen molar-refractivity contribution >= 4 is 15.4 Å². The van der Waals surface area contributed by atoms with Crippen molar-refractivity contribution in [1.82, 2.24) is 4.90 Å². The van der Waals surface area contributed by atoms with E-state index in [1.807, 2.05) is 13.8 Å². The second-order valence-electron chi connectivity index (χ2n) is 4.14. The van der Waals surface area contributed by atoms with Gasteiger partial charge in [-0.3, -0.25) is 9.11 Å². The van der Waals surface area contributed by atoms with Crippen molar-refractivity contribution in [2.45, 2.75) is 20.0 Å². The molecule has 1 aliphatic heterocycles. The average molecular weight is 219 g/mol. The Morgan fingerprint density at radius 3 is 2.50 bits per heavy atom. The van der Waals surface area contributed by atoms with Crippen molar-refractivity contribution in [3.8, 4) is 0 Å². The average Bonchev–Trinajstić information content (AvgIpc) is 2.07. The maximum absolute atomic E-state index is 11.6. The Bertz CT molecular complexity index is 245. The molecule has 0 bridgehead atoms. The molecule has 1 fully saturated rings. The Labute approximate surface area is 87.4 Å². The van der Waals surface area contributed by atoms with E-state index in [1.165, 1.54) is 0 Å². The first-order chi connectivity index (χ1) is 6.49. The van der Waals surface area contributed by atoms with Crippen molar-refractivity contribution < 1.29 is 8.95 Å². The smallest absolute Gasteiger partial charge is 0.0596 e. The first kappa shape index (κ1) is 12.0. The summed E-state index contributed by atoms with van der Waals surface area (Å²) in [7, 11) is -1.74. The lowest BCUT2D eigenvalue weighted by Crippen LogP contribution is -2.41. The standard InChI is InChI=1S/C10H21NO2S/c1-10(2)13-7-4-11-5-8-14(3,12)9-6-11/h10H,3-9H2,1-2H3. The van der Waals surface area contributed by atoms with E-state index in [0.717, 1.165) is 37.7 Å². The van der Waals surface area contributed by atoms with E-state index >= 15 is 0 Å². The molecule has 3 nitrogen and oxygen atoms in total. The summed E-state index contributed by atoms with van der Waals surface area (Å²) in [6.45, 7) is 7.62. The Morgan fingerprint density at radius 1 is 1.43 bits per heavy atom. The first-order valence-electron chi connectivity index (χ1n) is 5.16. The summed E-state index contributed by atoms with van der Waals surface area (Å²) in [6.07, 6.45) is 0.303. The first-order valence-corrected chi connectivity index (χ1v) is 7.23. The van der Waals surface area contributed by atoms with Gasteiger partial charge in [0.05, 0.1) is 12.7 Å². The van der Waals surface area contributed by atoms with Crippen molar-refractivity contribution in [2.75, 3.05) is 37.7 Å². The van der Waals surface area contributed by atoms with Crippen molar-refractivity contribution in [1.29, 1.82) is 0 Å². The number of nitrogens with zero attached hydrogens (tertiary/aromatic N) is 1. The van der Waals surface area contributed by atoms with Crippen LogP contribution in [0.1, 0.15) is 13.8 Å². The Kier molecular flexibility index (Phi) is 4.41. The monoisotopic (exact) mass is 219 g/mol. The Morgan fingerprint density at radius 2 is 2.00 bits per heavy atom. The summed E-state index contributed by atoms with van der Waals surface area (Å²) in [6, 6.07) is 0. The van der Waals surface area contributed by atoms with Crippen LogP contribution in [0.5, 0.6) is 0 Å². The molecule has 1 saturated heterocycles. The third-order valence-corrected chi connectivity index (χ3v) is 4.27. The highest BCUT2D eigenvalue weighted by Crippen LogP contribution is 2.03. The SMILES string of the molecule is C=S1(=O)CCN(CCOC(C)C)CC1. The van der Waals surface area contributed by atoms with Crippen LogP contribution in [-0.4, -0.2) is 58.8 Å². The molecule has 0 unspecified atom stereocenters. The van der Waals surface area contributed by atoms with Gasteiger partial charge in [0.25, 0.3) is 0 Å². The number of hydrogen-bond acceptors (Lipinski definition) is 3. The molecule has 1 heterocycles. The maximum Gasteiger partial charge on any atom is 0.0596 e. The summed E-state index contributed by atoms with van der Waals surface area (Å²) in [5.41, 5.74) is 0. The minimum Gasteiger partial charge on any atom is -0.377 e. The molecular weight excluding hydrogens is 198 g/mol. The largest absolute Gasteiger partial charge is 0.377 e. The summed E-state index contributed by atoms with van der Waals surface area (Å²) in [5, 5.41) is 0. The molecule has 0 atom stereocenters. The zero-order valence-corrected chi connectivity index (χ0v) is 10.0. The zero-order chi connectivity index (χ0) is 10.6. The summed E-state index contributed by atoms with van der Waals surface area (Å²) >= 11 is 0. The van der Waals surface area contributed by atoms with Gasteiger partial charge in [-0.15, -0.1) is 0 Å². The molecule has 0 aromatic carbocycles. The number of rotatable bonds is 4.